The fourth-order valence-corrected chi connectivity index (χ4v) is 4.12. The molecule has 0 heterocycles. The van der Waals surface area contributed by atoms with Crippen LogP contribution in [0.3, 0.4) is 0 Å². The average Bonchev–Trinajstić information content (AvgIpc) is 2.62. The molecule has 146 valence electrons. The lowest BCUT2D eigenvalue weighted by molar-refractivity contribution is 0.157. The largest absolute Gasteiger partial charge is 0.370 e. The van der Waals surface area contributed by atoms with Gasteiger partial charge < -0.3 is 11.1 Å². The summed E-state index contributed by atoms with van der Waals surface area (Å²) < 4.78 is 1.15. The molecular weight excluding hydrogens is 388 g/mol. The number of benzene rings is 1. The van der Waals surface area contributed by atoms with Crippen molar-refractivity contribution in [2.75, 3.05) is 19.6 Å². The van der Waals surface area contributed by atoms with E-state index in [9.17, 15) is 0 Å². The fourth-order valence-electron chi connectivity index (χ4n) is 3.86. The van der Waals surface area contributed by atoms with Gasteiger partial charge in [0.2, 0.25) is 0 Å². The quantitative estimate of drug-likeness (QED) is 0.402. The van der Waals surface area contributed by atoms with Crippen molar-refractivity contribution in [3.05, 3.63) is 34.3 Å². The Kier molecular flexibility index (Phi) is 8.93. The van der Waals surface area contributed by atoms with E-state index in [0.717, 1.165) is 29.4 Å². The predicted molar refractivity (Wildman–Crippen MR) is 114 cm³/mol. The second-order valence-electron chi connectivity index (χ2n) is 8.02. The summed E-state index contributed by atoms with van der Waals surface area (Å²) in [5.41, 5.74) is 6.81. The highest BCUT2D eigenvalue weighted by molar-refractivity contribution is 9.10. The minimum Gasteiger partial charge on any atom is -0.370 e. The van der Waals surface area contributed by atoms with E-state index in [-0.39, 0.29) is 5.96 Å². The zero-order chi connectivity index (χ0) is 18.9. The molecule has 1 aromatic rings. The van der Waals surface area contributed by atoms with Gasteiger partial charge in [-0.25, -0.2) is 0 Å². The highest BCUT2D eigenvalue weighted by atomic mass is 79.9. The Morgan fingerprint density at radius 1 is 1.23 bits per heavy atom. The second kappa shape index (κ2) is 10.9. The van der Waals surface area contributed by atoms with Gasteiger partial charge in [-0.05, 0) is 61.1 Å². The molecule has 0 radical (unpaired) electrons. The van der Waals surface area contributed by atoms with Crippen LogP contribution < -0.4 is 11.1 Å². The maximum absolute atomic E-state index is 7.31. The van der Waals surface area contributed by atoms with E-state index in [0.29, 0.717) is 5.92 Å². The molecule has 1 aliphatic carbocycles. The van der Waals surface area contributed by atoms with Gasteiger partial charge in [-0.2, -0.15) is 0 Å². The summed E-state index contributed by atoms with van der Waals surface area (Å²) in [6, 6.07) is 8.75. The Morgan fingerprint density at radius 2 is 1.85 bits per heavy atom. The Balaban J connectivity index is 1.86. The highest BCUT2D eigenvalue weighted by Gasteiger charge is 2.23. The summed E-state index contributed by atoms with van der Waals surface area (Å²) in [6.07, 6.45) is 6.32. The molecule has 26 heavy (non-hydrogen) atoms. The van der Waals surface area contributed by atoms with Crippen molar-refractivity contribution in [1.29, 1.82) is 5.41 Å². The minimum absolute atomic E-state index is 0.0985. The number of nitrogens with one attached hydrogen (secondary N) is 2. The molecular formula is C21H35BrN4. The van der Waals surface area contributed by atoms with Gasteiger partial charge in [0.25, 0.3) is 0 Å². The molecule has 0 saturated heterocycles. The monoisotopic (exact) mass is 422 g/mol. The first-order chi connectivity index (χ1) is 12.5. The lowest BCUT2D eigenvalue weighted by Gasteiger charge is -2.34. The first-order valence-corrected chi connectivity index (χ1v) is 10.8. The van der Waals surface area contributed by atoms with Crippen LogP contribution in [0, 0.1) is 23.2 Å². The van der Waals surface area contributed by atoms with Gasteiger partial charge in [0, 0.05) is 30.7 Å². The Labute approximate surface area is 167 Å². The maximum atomic E-state index is 7.31. The van der Waals surface area contributed by atoms with Crippen LogP contribution in [0.5, 0.6) is 0 Å². The first kappa shape index (κ1) is 21.2. The van der Waals surface area contributed by atoms with E-state index in [1.54, 1.807) is 0 Å². The molecule has 1 atom stereocenters. The molecule has 0 amide bonds. The number of nitrogens with two attached hydrogens (primary N) is 1. The SMILES string of the molecule is CCC(C)CN(Cc1ccc(Br)cc1)CC1CCC(CNC(=N)N)CC1. The number of rotatable bonds is 9. The van der Waals surface area contributed by atoms with Crippen LogP contribution in [-0.2, 0) is 6.54 Å². The van der Waals surface area contributed by atoms with Crippen LogP contribution in [0.15, 0.2) is 28.7 Å². The minimum atomic E-state index is 0.0985. The van der Waals surface area contributed by atoms with Crippen LogP contribution in [0.4, 0.5) is 0 Å². The predicted octanol–water partition coefficient (Wildman–Crippen LogP) is 4.59. The van der Waals surface area contributed by atoms with Crippen LogP contribution in [0.25, 0.3) is 0 Å². The number of nitrogens with zero attached hydrogens (tertiary/aromatic N) is 1. The summed E-state index contributed by atoms with van der Waals surface area (Å²) in [4.78, 5) is 2.66. The van der Waals surface area contributed by atoms with Crippen molar-refractivity contribution in [2.24, 2.45) is 23.5 Å². The lowest BCUT2D eigenvalue weighted by atomic mass is 9.81. The van der Waals surface area contributed by atoms with Gasteiger partial charge in [-0.15, -0.1) is 0 Å². The molecule has 5 heteroatoms. The summed E-state index contributed by atoms with van der Waals surface area (Å²) >= 11 is 3.53. The van der Waals surface area contributed by atoms with Crippen LogP contribution in [-0.4, -0.2) is 30.5 Å². The lowest BCUT2D eigenvalue weighted by Crippen LogP contribution is -2.37. The van der Waals surface area contributed by atoms with E-state index in [4.69, 9.17) is 11.1 Å². The molecule has 1 fully saturated rings. The zero-order valence-corrected chi connectivity index (χ0v) is 17.9. The van der Waals surface area contributed by atoms with Crippen molar-refractivity contribution in [3.8, 4) is 0 Å². The topological polar surface area (TPSA) is 65.1 Å². The normalized spacial score (nSPS) is 21.5. The van der Waals surface area contributed by atoms with E-state index >= 15 is 0 Å². The van der Waals surface area contributed by atoms with Gasteiger partial charge in [-0.1, -0.05) is 48.3 Å². The molecule has 1 aliphatic rings. The fraction of sp³-hybridized carbons (Fsp3) is 0.667. The standard InChI is InChI=1S/C21H35BrN4/c1-3-16(2)13-26(15-19-8-10-20(22)11-9-19)14-18-6-4-17(5-7-18)12-25-21(23)24/h8-11,16-18H,3-7,12-15H2,1-2H3,(H4,23,24,25). The molecule has 1 unspecified atom stereocenters. The molecule has 0 aliphatic heterocycles. The van der Waals surface area contributed by atoms with Gasteiger partial charge in [0.05, 0.1) is 0 Å². The van der Waals surface area contributed by atoms with Gasteiger partial charge in [0.1, 0.15) is 0 Å². The number of guanidine groups is 1. The van der Waals surface area contributed by atoms with E-state index in [1.165, 1.54) is 50.8 Å². The summed E-state index contributed by atoms with van der Waals surface area (Å²) in [7, 11) is 0. The van der Waals surface area contributed by atoms with E-state index in [2.05, 4.69) is 64.3 Å². The third-order valence-corrected chi connectivity index (χ3v) is 6.18. The number of hydrogen-bond donors (Lipinski definition) is 3. The molecule has 1 aromatic carbocycles. The first-order valence-electron chi connectivity index (χ1n) is 10.0. The molecule has 4 nitrogen and oxygen atoms in total. The smallest absolute Gasteiger partial charge is 0.185 e. The molecule has 4 N–H and O–H groups in total. The van der Waals surface area contributed by atoms with Crippen molar-refractivity contribution in [3.63, 3.8) is 0 Å². The molecule has 1 saturated carbocycles. The summed E-state index contributed by atoms with van der Waals surface area (Å²) in [5.74, 6) is 2.30. The third kappa shape index (κ3) is 7.67. The van der Waals surface area contributed by atoms with Crippen LogP contribution in [0.2, 0.25) is 0 Å². The summed E-state index contributed by atoms with van der Waals surface area (Å²) in [5, 5.41) is 10.3. The van der Waals surface area contributed by atoms with Crippen molar-refractivity contribution in [2.45, 2.75) is 52.5 Å². The van der Waals surface area contributed by atoms with Gasteiger partial charge >= 0.3 is 0 Å². The van der Waals surface area contributed by atoms with Crippen LogP contribution >= 0.6 is 15.9 Å². The molecule has 2 rings (SSSR count). The Hall–Kier alpha value is -1.07. The summed E-state index contributed by atoms with van der Waals surface area (Å²) in [6.45, 7) is 8.93. The third-order valence-electron chi connectivity index (χ3n) is 5.65. The van der Waals surface area contributed by atoms with Crippen LogP contribution in [0.1, 0.15) is 51.5 Å². The molecule has 0 aromatic heterocycles. The number of hydrogen-bond acceptors (Lipinski definition) is 2. The van der Waals surface area contributed by atoms with Gasteiger partial charge in [0.15, 0.2) is 5.96 Å². The van der Waals surface area contributed by atoms with Crippen molar-refractivity contribution in [1.82, 2.24) is 10.2 Å². The zero-order valence-electron chi connectivity index (χ0n) is 16.3. The van der Waals surface area contributed by atoms with E-state index in [1.807, 2.05) is 0 Å². The second-order valence-corrected chi connectivity index (χ2v) is 8.93. The Bertz CT molecular complexity index is 537. The van der Waals surface area contributed by atoms with E-state index < -0.39 is 0 Å². The van der Waals surface area contributed by atoms with Crippen molar-refractivity contribution < 1.29 is 0 Å². The highest BCUT2D eigenvalue weighted by Crippen LogP contribution is 2.29. The maximum Gasteiger partial charge on any atom is 0.185 e. The molecule has 0 spiro atoms. The van der Waals surface area contributed by atoms with Gasteiger partial charge in [-0.3, -0.25) is 10.3 Å². The molecule has 0 bridgehead atoms. The van der Waals surface area contributed by atoms with Crippen molar-refractivity contribution >= 4 is 21.9 Å². The number of halogens is 1. The Morgan fingerprint density at radius 3 is 2.42 bits per heavy atom. The average molecular weight is 423 g/mol.